The summed E-state index contributed by atoms with van der Waals surface area (Å²) in [6.07, 6.45) is 7.98. The number of halogens is 1. The van der Waals surface area contributed by atoms with Gasteiger partial charge >= 0.3 is 5.97 Å². The number of aryl methyl sites for hydroxylation is 1. The van der Waals surface area contributed by atoms with Gasteiger partial charge in [0.2, 0.25) is 5.91 Å². The molecule has 1 amide bonds. The number of alkyl halides is 1. The summed E-state index contributed by atoms with van der Waals surface area (Å²) in [4.78, 5) is 28.1. The van der Waals surface area contributed by atoms with Gasteiger partial charge in [0.1, 0.15) is 15.1 Å². The summed E-state index contributed by atoms with van der Waals surface area (Å²) in [7, 11) is 0. The van der Waals surface area contributed by atoms with Crippen LogP contribution < -0.4 is 4.90 Å². The Balaban J connectivity index is 1.56. The van der Waals surface area contributed by atoms with E-state index in [1.165, 1.54) is 11.3 Å². The van der Waals surface area contributed by atoms with E-state index < -0.39 is 9.58 Å². The monoisotopic (exact) mass is 599 g/mol. The van der Waals surface area contributed by atoms with Gasteiger partial charge in [0.15, 0.2) is 0 Å². The predicted octanol–water partition coefficient (Wildman–Crippen LogP) is 5.58. The van der Waals surface area contributed by atoms with Crippen LogP contribution in [0.3, 0.4) is 0 Å². The van der Waals surface area contributed by atoms with E-state index in [9.17, 15) is 14.7 Å². The highest BCUT2D eigenvalue weighted by molar-refractivity contribution is 14.1. The van der Waals surface area contributed by atoms with Gasteiger partial charge < -0.3 is 19.8 Å². The summed E-state index contributed by atoms with van der Waals surface area (Å²) in [6, 6.07) is 11.7. The summed E-state index contributed by atoms with van der Waals surface area (Å²) in [5.41, 5.74) is 1.77. The van der Waals surface area contributed by atoms with Gasteiger partial charge in [-0.2, -0.15) is 0 Å². The molecule has 6 nitrogen and oxygen atoms in total. The molecule has 34 heavy (non-hydrogen) atoms. The molecule has 1 unspecified atom stereocenters. The van der Waals surface area contributed by atoms with Gasteiger partial charge in [-0.1, -0.05) is 31.9 Å². The number of benzene rings is 1. The normalized spacial score (nSPS) is 17.7. The van der Waals surface area contributed by atoms with Gasteiger partial charge in [-0.05, 0) is 90.9 Å². The van der Waals surface area contributed by atoms with Gasteiger partial charge in [0, 0.05) is 23.0 Å². The molecule has 2 N–H and O–H groups in total. The van der Waals surface area contributed by atoms with E-state index in [0.29, 0.717) is 11.3 Å². The minimum atomic E-state index is -0.885. The molecule has 0 radical (unpaired) electrons. The summed E-state index contributed by atoms with van der Waals surface area (Å²) in [5.74, 6) is -0.249. The van der Waals surface area contributed by atoms with Crippen molar-refractivity contribution in [2.24, 2.45) is 0 Å². The van der Waals surface area contributed by atoms with Crippen LogP contribution in [0, 0.1) is 0 Å². The Hall–Kier alpha value is -1.49. The van der Waals surface area contributed by atoms with Crippen molar-refractivity contribution >= 4 is 51.5 Å². The van der Waals surface area contributed by atoms with E-state index in [1.807, 2.05) is 35.2 Å². The van der Waals surface area contributed by atoms with Crippen LogP contribution in [0.15, 0.2) is 36.4 Å². The molecule has 2 heterocycles. The highest BCUT2D eigenvalue weighted by Crippen LogP contribution is 2.37. The van der Waals surface area contributed by atoms with E-state index in [0.717, 1.165) is 67.5 Å². The van der Waals surface area contributed by atoms with Crippen molar-refractivity contribution in [2.45, 2.75) is 74.4 Å². The minimum Gasteiger partial charge on any atom is -0.459 e. The third-order valence-electron chi connectivity index (χ3n) is 6.17. The number of amides is 1. The van der Waals surface area contributed by atoms with Crippen molar-refractivity contribution < 1.29 is 24.5 Å². The van der Waals surface area contributed by atoms with E-state index >= 15 is 0 Å². The molecule has 0 saturated carbocycles. The number of carbonyl (C=O) groups excluding carboxylic acids is 2. The first-order valence-corrected chi connectivity index (χ1v) is 14.0. The van der Waals surface area contributed by atoms with Crippen LogP contribution in [0.4, 0.5) is 5.69 Å². The maximum Gasteiger partial charge on any atom is 0.348 e. The molecule has 8 heteroatoms. The number of carbonyl (C=O) groups is 2. The van der Waals surface area contributed by atoms with Crippen LogP contribution >= 0.6 is 33.9 Å². The Morgan fingerprint density at radius 3 is 2.68 bits per heavy atom. The van der Waals surface area contributed by atoms with E-state index in [4.69, 9.17) is 9.84 Å². The first-order valence-electron chi connectivity index (χ1n) is 12.1. The summed E-state index contributed by atoms with van der Waals surface area (Å²) in [6.45, 7) is 1.98. The van der Waals surface area contributed by atoms with Crippen LogP contribution in [0.2, 0.25) is 0 Å². The molecular weight excluding hydrogens is 565 g/mol. The molecule has 186 valence electrons. The SMILES string of the molecule is CCCCC[C@](O)(I)c1ccc(N2C(=O)CCC2CCCc2ccc(C(=O)OCCO)s2)cc1. The number of unbranched alkanes of at least 4 members (excludes halogenated alkanes) is 2. The van der Waals surface area contributed by atoms with Crippen molar-refractivity contribution in [3.05, 3.63) is 51.7 Å². The second kappa shape index (κ2) is 13.0. The Labute approximate surface area is 219 Å². The summed E-state index contributed by atoms with van der Waals surface area (Å²) in [5, 5.41) is 19.6. The fraction of sp³-hybridized carbons (Fsp3) is 0.538. The second-order valence-electron chi connectivity index (χ2n) is 8.74. The van der Waals surface area contributed by atoms with Gasteiger partial charge in [0.05, 0.1) is 6.61 Å². The topological polar surface area (TPSA) is 87.1 Å². The number of esters is 1. The minimum absolute atomic E-state index is 0.00850. The number of thiophene rings is 1. The Bertz CT molecular complexity index is 943. The smallest absolute Gasteiger partial charge is 0.348 e. The molecular formula is C26H34INO5S. The molecule has 3 rings (SSSR count). The number of rotatable bonds is 13. The number of ether oxygens (including phenoxy) is 1. The molecule has 1 aliphatic rings. The quantitative estimate of drug-likeness (QED) is 0.136. The average molecular weight is 600 g/mol. The lowest BCUT2D eigenvalue weighted by Crippen LogP contribution is -2.33. The number of nitrogens with zero attached hydrogens (tertiary/aromatic N) is 1. The van der Waals surface area contributed by atoms with Gasteiger partial charge in [-0.15, -0.1) is 11.3 Å². The standard InChI is InChI=1S/C26H34INO5S/c1-2-3-4-16-26(27,32)19-8-10-21(11-9-19)28-20(12-15-24(28)30)6-5-7-22-13-14-23(34-22)25(31)33-18-17-29/h8-11,13-14,20,29,32H,2-7,12,15-18H2,1H3/t20?,26-/m1/s1. The molecule has 1 aromatic carbocycles. The van der Waals surface area contributed by atoms with Crippen LogP contribution in [0.1, 0.15) is 78.4 Å². The second-order valence-corrected chi connectivity index (χ2v) is 11.7. The van der Waals surface area contributed by atoms with Crippen molar-refractivity contribution in [3.63, 3.8) is 0 Å². The van der Waals surface area contributed by atoms with Crippen molar-refractivity contribution in [3.8, 4) is 0 Å². The molecule has 2 aromatic rings. The zero-order valence-corrected chi connectivity index (χ0v) is 22.6. The largest absolute Gasteiger partial charge is 0.459 e. The molecule has 0 bridgehead atoms. The molecule has 0 aliphatic carbocycles. The Morgan fingerprint density at radius 2 is 1.97 bits per heavy atom. The lowest BCUT2D eigenvalue weighted by molar-refractivity contribution is -0.117. The van der Waals surface area contributed by atoms with E-state index in [-0.39, 0.29) is 25.2 Å². The van der Waals surface area contributed by atoms with E-state index in [2.05, 4.69) is 29.5 Å². The Kier molecular flexibility index (Phi) is 10.4. The van der Waals surface area contributed by atoms with Crippen molar-refractivity contribution in [1.82, 2.24) is 0 Å². The maximum atomic E-state index is 12.6. The molecule has 0 spiro atoms. The van der Waals surface area contributed by atoms with Crippen LogP contribution in [-0.2, 0) is 19.6 Å². The zero-order valence-electron chi connectivity index (χ0n) is 19.7. The lowest BCUT2D eigenvalue weighted by atomic mass is 10.0. The molecule has 1 aliphatic heterocycles. The molecule has 2 atom stereocenters. The fourth-order valence-electron chi connectivity index (χ4n) is 4.35. The number of anilines is 1. The zero-order chi connectivity index (χ0) is 24.6. The average Bonchev–Trinajstić information content (AvgIpc) is 3.44. The highest BCUT2D eigenvalue weighted by Gasteiger charge is 2.32. The van der Waals surface area contributed by atoms with Crippen LogP contribution in [0.25, 0.3) is 0 Å². The van der Waals surface area contributed by atoms with Gasteiger partial charge in [-0.3, -0.25) is 4.79 Å². The number of hydrogen-bond acceptors (Lipinski definition) is 6. The molecule has 1 fully saturated rings. The number of aliphatic hydroxyl groups is 2. The summed E-state index contributed by atoms with van der Waals surface area (Å²) >= 11 is 3.54. The predicted molar refractivity (Wildman–Crippen MR) is 144 cm³/mol. The molecule has 1 aromatic heterocycles. The summed E-state index contributed by atoms with van der Waals surface area (Å²) < 4.78 is 4.08. The van der Waals surface area contributed by atoms with Crippen molar-refractivity contribution in [1.29, 1.82) is 0 Å². The number of hydrogen-bond donors (Lipinski definition) is 2. The Morgan fingerprint density at radius 1 is 1.21 bits per heavy atom. The first-order chi connectivity index (χ1) is 16.4. The third-order valence-corrected chi connectivity index (χ3v) is 8.46. The number of aliphatic hydroxyl groups excluding tert-OH is 1. The van der Waals surface area contributed by atoms with Crippen LogP contribution in [-0.4, -0.2) is 41.3 Å². The van der Waals surface area contributed by atoms with Crippen LogP contribution in [0.5, 0.6) is 0 Å². The fourth-order valence-corrected chi connectivity index (χ4v) is 6.03. The van der Waals surface area contributed by atoms with Gasteiger partial charge in [0.25, 0.3) is 0 Å². The van der Waals surface area contributed by atoms with E-state index in [1.54, 1.807) is 6.07 Å². The molecule has 1 saturated heterocycles. The lowest BCUT2D eigenvalue weighted by Gasteiger charge is -2.27. The first kappa shape index (κ1) is 27.1. The maximum absolute atomic E-state index is 12.6. The van der Waals surface area contributed by atoms with Crippen molar-refractivity contribution in [2.75, 3.05) is 18.1 Å². The third kappa shape index (κ3) is 7.26. The highest BCUT2D eigenvalue weighted by atomic mass is 127. The van der Waals surface area contributed by atoms with Gasteiger partial charge in [-0.25, -0.2) is 4.79 Å².